The summed E-state index contributed by atoms with van der Waals surface area (Å²) in [6, 6.07) is 9.49. The first kappa shape index (κ1) is 23.2. The Hall–Kier alpha value is -0.820. The van der Waals surface area contributed by atoms with E-state index in [2.05, 4.69) is 6.92 Å². The molecular formula is C24H39ClO. The first-order chi connectivity index (χ1) is 12.7. The van der Waals surface area contributed by atoms with E-state index in [4.69, 9.17) is 11.6 Å². The maximum absolute atomic E-state index is 12.1. The van der Waals surface area contributed by atoms with Crippen LogP contribution < -0.4 is 0 Å². The number of unbranched alkanes of at least 4 members (excludes halogenated alkanes) is 12. The van der Waals surface area contributed by atoms with Crippen molar-refractivity contribution in [3.8, 4) is 0 Å². The lowest BCUT2D eigenvalue weighted by atomic mass is 10.0. The van der Waals surface area contributed by atoms with E-state index in [1.807, 2.05) is 30.3 Å². The molecule has 0 fully saturated rings. The van der Waals surface area contributed by atoms with Crippen molar-refractivity contribution in [3.63, 3.8) is 0 Å². The highest BCUT2D eigenvalue weighted by Gasteiger charge is 2.12. The third kappa shape index (κ3) is 12.5. The van der Waals surface area contributed by atoms with Gasteiger partial charge in [-0.2, -0.15) is 0 Å². The van der Waals surface area contributed by atoms with Crippen LogP contribution in [0.2, 0.25) is 0 Å². The number of hydrogen-bond acceptors (Lipinski definition) is 1. The summed E-state index contributed by atoms with van der Waals surface area (Å²) in [5, 5.41) is -0.0181. The SMILES string of the molecule is CCCCCCCCCCCCCCCC(Cl)CC(=O)c1ccccc1. The highest BCUT2D eigenvalue weighted by molar-refractivity contribution is 6.22. The van der Waals surface area contributed by atoms with E-state index in [9.17, 15) is 4.79 Å². The highest BCUT2D eigenvalue weighted by atomic mass is 35.5. The molecule has 0 spiro atoms. The zero-order valence-corrected chi connectivity index (χ0v) is 17.6. The number of hydrogen-bond donors (Lipinski definition) is 0. The molecule has 1 nitrogen and oxygen atoms in total. The standard InChI is InChI=1S/C24H39ClO/c1-2-3-4-5-6-7-8-9-10-11-12-13-17-20-23(25)21-24(26)22-18-15-14-16-19-22/h14-16,18-19,23H,2-13,17,20-21H2,1H3. The Morgan fingerprint density at radius 3 is 1.73 bits per heavy atom. The molecule has 1 unspecified atom stereocenters. The van der Waals surface area contributed by atoms with Gasteiger partial charge in [-0.25, -0.2) is 0 Å². The van der Waals surface area contributed by atoms with Gasteiger partial charge in [-0.3, -0.25) is 4.79 Å². The third-order valence-corrected chi connectivity index (χ3v) is 5.50. The van der Waals surface area contributed by atoms with Crippen LogP contribution in [0.15, 0.2) is 30.3 Å². The van der Waals surface area contributed by atoms with Gasteiger partial charge in [0.1, 0.15) is 0 Å². The van der Waals surface area contributed by atoms with Crippen LogP contribution in [0, 0.1) is 0 Å². The molecule has 0 aliphatic carbocycles. The predicted octanol–water partition coefficient (Wildman–Crippen LogP) is 8.35. The maximum Gasteiger partial charge on any atom is 0.164 e. The summed E-state index contributed by atoms with van der Waals surface area (Å²) >= 11 is 6.35. The highest BCUT2D eigenvalue weighted by Crippen LogP contribution is 2.17. The average Bonchev–Trinajstić information content (AvgIpc) is 2.66. The van der Waals surface area contributed by atoms with Crippen molar-refractivity contribution < 1.29 is 4.79 Å². The quantitative estimate of drug-likeness (QED) is 0.151. The van der Waals surface area contributed by atoms with Crippen LogP contribution in [0.5, 0.6) is 0 Å². The molecule has 0 N–H and O–H groups in total. The molecule has 0 aromatic heterocycles. The Bertz CT molecular complexity index is 443. The zero-order valence-electron chi connectivity index (χ0n) is 16.9. The number of carbonyl (C=O) groups is 1. The molecule has 0 saturated heterocycles. The molecular weight excluding hydrogens is 340 g/mol. The van der Waals surface area contributed by atoms with Gasteiger partial charge in [0, 0.05) is 17.4 Å². The van der Waals surface area contributed by atoms with Crippen molar-refractivity contribution in [2.24, 2.45) is 0 Å². The number of benzene rings is 1. The monoisotopic (exact) mass is 378 g/mol. The first-order valence-electron chi connectivity index (χ1n) is 11.0. The van der Waals surface area contributed by atoms with E-state index < -0.39 is 0 Å². The van der Waals surface area contributed by atoms with Gasteiger partial charge in [0.15, 0.2) is 5.78 Å². The van der Waals surface area contributed by atoms with E-state index in [0.29, 0.717) is 6.42 Å². The number of alkyl halides is 1. The molecule has 1 aromatic rings. The van der Waals surface area contributed by atoms with Crippen molar-refractivity contribution >= 4 is 17.4 Å². The van der Waals surface area contributed by atoms with Crippen LogP contribution in [-0.2, 0) is 0 Å². The molecule has 1 rings (SSSR count). The van der Waals surface area contributed by atoms with Gasteiger partial charge in [0.25, 0.3) is 0 Å². The van der Waals surface area contributed by atoms with Gasteiger partial charge in [-0.15, -0.1) is 11.6 Å². The number of halogens is 1. The Balaban J connectivity index is 1.87. The second-order valence-electron chi connectivity index (χ2n) is 7.62. The summed E-state index contributed by atoms with van der Waals surface area (Å²) in [5.41, 5.74) is 0.781. The molecule has 0 aliphatic heterocycles. The average molecular weight is 379 g/mol. The van der Waals surface area contributed by atoms with E-state index in [0.717, 1.165) is 18.4 Å². The van der Waals surface area contributed by atoms with Crippen LogP contribution in [0.4, 0.5) is 0 Å². The lowest BCUT2D eigenvalue weighted by molar-refractivity contribution is 0.0980. The fourth-order valence-corrected chi connectivity index (χ4v) is 3.72. The number of carbonyl (C=O) groups excluding carboxylic acids is 1. The normalized spacial score (nSPS) is 12.2. The smallest absolute Gasteiger partial charge is 0.164 e. The van der Waals surface area contributed by atoms with E-state index in [-0.39, 0.29) is 11.2 Å². The van der Waals surface area contributed by atoms with Gasteiger partial charge >= 0.3 is 0 Å². The van der Waals surface area contributed by atoms with Crippen molar-refractivity contribution in [1.82, 2.24) is 0 Å². The molecule has 26 heavy (non-hydrogen) atoms. The van der Waals surface area contributed by atoms with Gasteiger partial charge in [0.05, 0.1) is 0 Å². The largest absolute Gasteiger partial charge is 0.294 e. The van der Waals surface area contributed by atoms with Gasteiger partial charge in [0.2, 0.25) is 0 Å². The second-order valence-corrected chi connectivity index (χ2v) is 8.24. The van der Waals surface area contributed by atoms with Crippen LogP contribution in [-0.4, -0.2) is 11.2 Å². The van der Waals surface area contributed by atoms with Crippen molar-refractivity contribution in [2.45, 2.75) is 109 Å². The molecule has 1 atom stereocenters. The maximum atomic E-state index is 12.1. The number of ketones is 1. The number of rotatable bonds is 17. The minimum absolute atomic E-state index is 0.0181. The van der Waals surface area contributed by atoms with Crippen LogP contribution in [0.1, 0.15) is 114 Å². The van der Waals surface area contributed by atoms with Gasteiger partial charge in [-0.1, -0.05) is 121 Å². The number of Topliss-reactive ketones (excluding diaryl/α,β-unsaturated/α-hetero) is 1. The molecule has 0 radical (unpaired) electrons. The molecule has 148 valence electrons. The molecule has 0 aliphatic rings. The van der Waals surface area contributed by atoms with E-state index in [1.165, 1.54) is 77.0 Å². The van der Waals surface area contributed by atoms with Crippen LogP contribution in [0.3, 0.4) is 0 Å². The molecule has 0 heterocycles. The fourth-order valence-electron chi connectivity index (χ4n) is 3.43. The summed E-state index contributed by atoms with van der Waals surface area (Å²) in [5.74, 6) is 0.167. The Labute approximate surface area is 166 Å². The van der Waals surface area contributed by atoms with Crippen molar-refractivity contribution in [2.75, 3.05) is 0 Å². The minimum atomic E-state index is -0.0181. The summed E-state index contributed by atoms with van der Waals surface area (Å²) in [6.07, 6.45) is 19.1. The first-order valence-corrected chi connectivity index (χ1v) is 11.4. The minimum Gasteiger partial charge on any atom is -0.294 e. The molecule has 0 bridgehead atoms. The summed E-state index contributed by atoms with van der Waals surface area (Å²) in [4.78, 5) is 12.1. The Morgan fingerprint density at radius 2 is 1.23 bits per heavy atom. The fraction of sp³-hybridized carbons (Fsp3) is 0.708. The van der Waals surface area contributed by atoms with E-state index in [1.54, 1.807) is 0 Å². The Morgan fingerprint density at radius 1 is 0.769 bits per heavy atom. The summed E-state index contributed by atoms with van der Waals surface area (Å²) in [6.45, 7) is 2.28. The van der Waals surface area contributed by atoms with Gasteiger partial charge < -0.3 is 0 Å². The summed E-state index contributed by atoms with van der Waals surface area (Å²) < 4.78 is 0. The van der Waals surface area contributed by atoms with Crippen molar-refractivity contribution in [3.05, 3.63) is 35.9 Å². The molecule has 1 aromatic carbocycles. The van der Waals surface area contributed by atoms with Crippen LogP contribution >= 0.6 is 11.6 Å². The second kappa shape index (κ2) is 16.4. The lowest BCUT2D eigenvalue weighted by Gasteiger charge is -2.08. The lowest BCUT2D eigenvalue weighted by Crippen LogP contribution is -2.08. The Kier molecular flexibility index (Phi) is 14.6. The molecule has 0 amide bonds. The van der Waals surface area contributed by atoms with Crippen LogP contribution in [0.25, 0.3) is 0 Å². The van der Waals surface area contributed by atoms with Gasteiger partial charge in [-0.05, 0) is 6.42 Å². The predicted molar refractivity (Wildman–Crippen MR) is 115 cm³/mol. The topological polar surface area (TPSA) is 17.1 Å². The molecule has 2 heteroatoms. The molecule has 0 saturated carbocycles. The van der Waals surface area contributed by atoms with E-state index >= 15 is 0 Å². The van der Waals surface area contributed by atoms with Crippen molar-refractivity contribution in [1.29, 1.82) is 0 Å². The summed E-state index contributed by atoms with van der Waals surface area (Å²) in [7, 11) is 0. The zero-order chi connectivity index (χ0) is 18.9. The third-order valence-electron chi connectivity index (χ3n) is 5.12.